The topological polar surface area (TPSA) is 25.2 Å². The third-order valence-electron chi connectivity index (χ3n) is 3.64. The SMILES string of the molecule is CC(C)CC(C)n1cc(CN2CCC2)ccc1=O. The Balaban J connectivity index is 2.12. The van der Waals surface area contributed by atoms with Crippen LogP contribution in [0.25, 0.3) is 0 Å². The molecule has 3 nitrogen and oxygen atoms in total. The van der Waals surface area contributed by atoms with E-state index < -0.39 is 0 Å². The lowest BCUT2D eigenvalue weighted by Gasteiger charge is -2.31. The minimum absolute atomic E-state index is 0.121. The van der Waals surface area contributed by atoms with Crippen LogP contribution in [0.2, 0.25) is 0 Å². The number of pyridine rings is 1. The van der Waals surface area contributed by atoms with Gasteiger partial charge in [-0.1, -0.05) is 19.9 Å². The fraction of sp³-hybridized carbons (Fsp3) is 0.667. The number of aromatic nitrogens is 1. The van der Waals surface area contributed by atoms with E-state index in [1.165, 1.54) is 25.1 Å². The Morgan fingerprint density at radius 1 is 1.22 bits per heavy atom. The van der Waals surface area contributed by atoms with Crippen molar-refractivity contribution in [2.24, 2.45) is 5.92 Å². The molecule has 1 atom stereocenters. The van der Waals surface area contributed by atoms with Crippen LogP contribution < -0.4 is 5.56 Å². The van der Waals surface area contributed by atoms with Gasteiger partial charge in [0.2, 0.25) is 0 Å². The number of hydrogen-bond acceptors (Lipinski definition) is 2. The highest BCUT2D eigenvalue weighted by Crippen LogP contribution is 2.17. The van der Waals surface area contributed by atoms with Crippen molar-refractivity contribution >= 4 is 0 Å². The average molecular weight is 248 g/mol. The lowest BCUT2D eigenvalue weighted by Crippen LogP contribution is -2.36. The lowest BCUT2D eigenvalue weighted by atomic mass is 10.0. The highest BCUT2D eigenvalue weighted by atomic mass is 16.1. The molecule has 18 heavy (non-hydrogen) atoms. The van der Waals surface area contributed by atoms with Crippen LogP contribution in [0.15, 0.2) is 23.1 Å². The minimum Gasteiger partial charge on any atom is -0.312 e. The zero-order chi connectivity index (χ0) is 13.1. The number of nitrogens with zero attached hydrogens (tertiary/aromatic N) is 2. The molecule has 0 N–H and O–H groups in total. The smallest absolute Gasteiger partial charge is 0.250 e. The molecule has 0 amide bonds. The van der Waals surface area contributed by atoms with E-state index in [2.05, 4.69) is 25.7 Å². The summed E-state index contributed by atoms with van der Waals surface area (Å²) in [7, 11) is 0. The summed E-state index contributed by atoms with van der Waals surface area (Å²) in [5.41, 5.74) is 1.38. The molecule has 0 saturated carbocycles. The molecule has 0 bridgehead atoms. The van der Waals surface area contributed by atoms with Crippen LogP contribution in [0.1, 0.15) is 45.2 Å². The third-order valence-corrected chi connectivity index (χ3v) is 3.64. The van der Waals surface area contributed by atoms with E-state index in [0.717, 1.165) is 13.0 Å². The van der Waals surface area contributed by atoms with E-state index in [4.69, 9.17) is 0 Å². The highest BCUT2D eigenvalue weighted by Gasteiger charge is 2.15. The van der Waals surface area contributed by atoms with Crippen LogP contribution in [-0.2, 0) is 6.54 Å². The van der Waals surface area contributed by atoms with Crippen LogP contribution in [0, 0.1) is 5.92 Å². The Kier molecular flexibility index (Phi) is 4.23. The van der Waals surface area contributed by atoms with Crippen molar-refractivity contribution in [1.82, 2.24) is 9.47 Å². The van der Waals surface area contributed by atoms with Crippen LogP contribution in [0.3, 0.4) is 0 Å². The molecule has 0 spiro atoms. The van der Waals surface area contributed by atoms with Crippen molar-refractivity contribution in [1.29, 1.82) is 0 Å². The molecule has 2 heterocycles. The summed E-state index contributed by atoms with van der Waals surface area (Å²) in [5, 5.41) is 0. The van der Waals surface area contributed by atoms with Crippen molar-refractivity contribution in [3.8, 4) is 0 Å². The van der Waals surface area contributed by atoms with Crippen LogP contribution >= 0.6 is 0 Å². The van der Waals surface area contributed by atoms with Crippen LogP contribution in [0.4, 0.5) is 0 Å². The molecule has 1 saturated heterocycles. The minimum atomic E-state index is 0.121. The van der Waals surface area contributed by atoms with Crippen molar-refractivity contribution in [3.63, 3.8) is 0 Å². The Morgan fingerprint density at radius 2 is 1.94 bits per heavy atom. The van der Waals surface area contributed by atoms with Crippen LogP contribution in [-0.4, -0.2) is 22.6 Å². The third kappa shape index (κ3) is 3.22. The fourth-order valence-corrected chi connectivity index (χ4v) is 2.58. The molecule has 1 unspecified atom stereocenters. The van der Waals surface area contributed by atoms with E-state index in [-0.39, 0.29) is 11.6 Å². The number of rotatable bonds is 5. The molecule has 2 rings (SSSR count). The van der Waals surface area contributed by atoms with E-state index in [1.807, 2.05) is 16.8 Å². The second kappa shape index (κ2) is 5.70. The normalized spacial score (nSPS) is 17.8. The summed E-state index contributed by atoms with van der Waals surface area (Å²) in [6.45, 7) is 9.90. The van der Waals surface area contributed by atoms with Gasteiger partial charge in [0.05, 0.1) is 0 Å². The van der Waals surface area contributed by atoms with Crippen molar-refractivity contribution in [3.05, 3.63) is 34.2 Å². The summed E-state index contributed by atoms with van der Waals surface area (Å²) in [6.07, 6.45) is 4.41. The molecule has 0 radical (unpaired) electrons. The van der Waals surface area contributed by atoms with Crippen molar-refractivity contribution in [2.45, 2.75) is 46.2 Å². The summed E-state index contributed by atoms with van der Waals surface area (Å²) in [5.74, 6) is 0.617. The molecule has 1 aromatic heterocycles. The Hall–Kier alpha value is -1.09. The van der Waals surface area contributed by atoms with Gasteiger partial charge in [0.15, 0.2) is 0 Å². The molecule has 0 aromatic carbocycles. The molecular formula is C15H24N2O. The van der Waals surface area contributed by atoms with E-state index >= 15 is 0 Å². The number of likely N-dealkylation sites (tertiary alicyclic amines) is 1. The zero-order valence-corrected chi connectivity index (χ0v) is 11.7. The predicted molar refractivity (Wildman–Crippen MR) is 74.8 cm³/mol. The first-order chi connectivity index (χ1) is 8.56. The first-order valence-electron chi connectivity index (χ1n) is 6.99. The molecule has 1 fully saturated rings. The van der Waals surface area contributed by atoms with E-state index in [0.29, 0.717) is 5.92 Å². The summed E-state index contributed by atoms with van der Waals surface area (Å²) in [4.78, 5) is 14.3. The summed E-state index contributed by atoms with van der Waals surface area (Å²) < 4.78 is 1.90. The molecule has 1 aliphatic heterocycles. The molecule has 100 valence electrons. The second-order valence-electron chi connectivity index (χ2n) is 5.89. The van der Waals surface area contributed by atoms with Gasteiger partial charge in [0.1, 0.15) is 0 Å². The number of hydrogen-bond donors (Lipinski definition) is 0. The Morgan fingerprint density at radius 3 is 2.50 bits per heavy atom. The van der Waals surface area contributed by atoms with Gasteiger partial charge >= 0.3 is 0 Å². The zero-order valence-electron chi connectivity index (χ0n) is 11.7. The monoisotopic (exact) mass is 248 g/mol. The lowest BCUT2D eigenvalue weighted by molar-refractivity contribution is 0.172. The molecule has 1 aromatic rings. The van der Waals surface area contributed by atoms with Gasteiger partial charge in [0.25, 0.3) is 5.56 Å². The second-order valence-corrected chi connectivity index (χ2v) is 5.89. The average Bonchev–Trinajstić information content (AvgIpc) is 2.24. The fourth-order valence-electron chi connectivity index (χ4n) is 2.58. The van der Waals surface area contributed by atoms with Crippen LogP contribution in [0.5, 0.6) is 0 Å². The standard InChI is InChI=1S/C15H24N2O/c1-12(2)9-13(3)17-11-14(5-6-15(17)18)10-16-7-4-8-16/h5-6,11-13H,4,7-10H2,1-3H3. The molecule has 3 heteroatoms. The van der Waals surface area contributed by atoms with Crippen molar-refractivity contribution < 1.29 is 0 Å². The van der Waals surface area contributed by atoms with Crippen molar-refractivity contribution in [2.75, 3.05) is 13.1 Å². The Labute approximate surface area is 109 Å². The highest BCUT2D eigenvalue weighted by molar-refractivity contribution is 5.11. The largest absolute Gasteiger partial charge is 0.312 e. The van der Waals surface area contributed by atoms with Gasteiger partial charge < -0.3 is 4.57 Å². The Bertz CT molecular complexity index is 446. The van der Waals surface area contributed by atoms with Gasteiger partial charge in [0, 0.05) is 24.8 Å². The summed E-state index contributed by atoms with van der Waals surface area (Å²) in [6, 6.07) is 3.97. The van der Waals surface area contributed by atoms with Gasteiger partial charge in [-0.25, -0.2) is 0 Å². The molecule has 0 aliphatic carbocycles. The summed E-state index contributed by atoms with van der Waals surface area (Å²) >= 11 is 0. The maximum atomic E-state index is 11.9. The maximum Gasteiger partial charge on any atom is 0.250 e. The maximum absolute atomic E-state index is 11.9. The van der Waals surface area contributed by atoms with Gasteiger partial charge in [-0.2, -0.15) is 0 Å². The molecular weight excluding hydrogens is 224 g/mol. The van der Waals surface area contributed by atoms with E-state index in [9.17, 15) is 4.79 Å². The first-order valence-corrected chi connectivity index (χ1v) is 6.99. The van der Waals surface area contributed by atoms with Gasteiger partial charge in [-0.15, -0.1) is 0 Å². The first kappa shape index (κ1) is 13.3. The predicted octanol–water partition coefficient (Wildman–Crippen LogP) is 2.66. The molecule has 1 aliphatic rings. The van der Waals surface area contributed by atoms with E-state index in [1.54, 1.807) is 6.07 Å². The van der Waals surface area contributed by atoms with Gasteiger partial charge in [-0.3, -0.25) is 9.69 Å². The van der Waals surface area contributed by atoms with Gasteiger partial charge in [-0.05, 0) is 44.3 Å². The quantitative estimate of drug-likeness (QED) is 0.800.